The summed E-state index contributed by atoms with van der Waals surface area (Å²) in [5, 5.41) is 4.25. The van der Waals surface area contributed by atoms with E-state index in [1.165, 1.54) is 6.33 Å². The molecule has 1 saturated heterocycles. The highest BCUT2D eigenvalue weighted by Gasteiger charge is 2.29. The van der Waals surface area contributed by atoms with E-state index < -0.39 is 9.84 Å². The number of nitrogens with zero attached hydrogens (tertiary/aromatic N) is 3. The molecule has 1 aliphatic rings. The lowest BCUT2D eigenvalue weighted by Gasteiger charge is -2.22. The van der Waals surface area contributed by atoms with E-state index in [4.69, 9.17) is 4.74 Å². The molecule has 2 aromatic rings. The molecule has 1 aliphatic heterocycles. The fraction of sp³-hybridized carbons (Fsp3) is 0.429. The van der Waals surface area contributed by atoms with Gasteiger partial charge in [-0.05, 0) is 25.0 Å². The average Bonchev–Trinajstić information content (AvgIpc) is 2.95. The molecule has 2 heterocycles. The van der Waals surface area contributed by atoms with Crippen LogP contribution in [-0.2, 0) is 9.84 Å². The molecule has 0 aliphatic carbocycles. The molecule has 3 rings (SSSR count). The molecule has 0 spiro atoms. The van der Waals surface area contributed by atoms with Gasteiger partial charge in [0.05, 0.1) is 18.6 Å². The van der Waals surface area contributed by atoms with Gasteiger partial charge in [0, 0.05) is 5.92 Å². The largest absolute Gasteiger partial charge is 0.494 e. The van der Waals surface area contributed by atoms with E-state index in [1.807, 2.05) is 24.3 Å². The maximum absolute atomic E-state index is 11.8. The Morgan fingerprint density at radius 3 is 2.90 bits per heavy atom. The predicted molar refractivity (Wildman–Crippen MR) is 78.5 cm³/mol. The van der Waals surface area contributed by atoms with Crippen LogP contribution in [0.25, 0.3) is 5.69 Å². The zero-order chi connectivity index (χ0) is 14.9. The fourth-order valence-corrected chi connectivity index (χ4v) is 4.45. The van der Waals surface area contributed by atoms with Gasteiger partial charge in [-0.2, -0.15) is 5.10 Å². The summed E-state index contributed by atoms with van der Waals surface area (Å²) >= 11 is 0. The van der Waals surface area contributed by atoms with Crippen molar-refractivity contribution < 1.29 is 13.2 Å². The fourth-order valence-electron chi connectivity index (χ4n) is 2.75. The number of methoxy groups -OCH3 is 1. The number of hydrogen-bond donors (Lipinski definition) is 0. The molecule has 1 fully saturated rings. The van der Waals surface area contributed by atoms with E-state index in [0.29, 0.717) is 18.0 Å². The zero-order valence-corrected chi connectivity index (χ0v) is 12.6. The van der Waals surface area contributed by atoms with Crippen LogP contribution in [0.5, 0.6) is 5.75 Å². The molecule has 0 bridgehead atoms. The highest BCUT2D eigenvalue weighted by molar-refractivity contribution is 7.91. The highest BCUT2D eigenvalue weighted by Crippen LogP contribution is 2.30. The van der Waals surface area contributed by atoms with Crippen molar-refractivity contribution in [3.05, 3.63) is 36.4 Å². The minimum absolute atomic E-state index is 0.115. The number of sulfone groups is 1. The van der Waals surface area contributed by atoms with Gasteiger partial charge in [-0.1, -0.05) is 12.1 Å². The lowest BCUT2D eigenvalue weighted by Crippen LogP contribution is -2.26. The summed E-state index contributed by atoms with van der Waals surface area (Å²) in [6.07, 6.45) is 2.95. The number of hydrogen-bond acceptors (Lipinski definition) is 5. The summed E-state index contributed by atoms with van der Waals surface area (Å²) in [5.41, 5.74) is 0.774. The van der Waals surface area contributed by atoms with E-state index in [9.17, 15) is 8.42 Å². The van der Waals surface area contributed by atoms with Crippen LogP contribution in [0.3, 0.4) is 0 Å². The Morgan fingerprint density at radius 2 is 2.14 bits per heavy atom. The number of ether oxygens (including phenoxy) is 1. The van der Waals surface area contributed by atoms with Gasteiger partial charge in [-0.15, -0.1) is 0 Å². The van der Waals surface area contributed by atoms with Gasteiger partial charge in [0.1, 0.15) is 23.6 Å². The van der Waals surface area contributed by atoms with Gasteiger partial charge in [0.15, 0.2) is 9.84 Å². The Hall–Kier alpha value is -1.89. The zero-order valence-electron chi connectivity index (χ0n) is 11.8. The molecular formula is C14H17N3O3S. The van der Waals surface area contributed by atoms with Crippen LogP contribution in [0.4, 0.5) is 0 Å². The first-order chi connectivity index (χ1) is 10.1. The highest BCUT2D eigenvalue weighted by atomic mass is 32.2. The molecular weight excluding hydrogens is 290 g/mol. The second-order valence-electron chi connectivity index (χ2n) is 5.16. The Morgan fingerprint density at radius 1 is 1.33 bits per heavy atom. The predicted octanol–water partition coefficient (Wildman–Crippen LogP) is 1.57. The van der Waals surface area contributed by atoms with Crippen LogP contribution in [-0.4, -0.2) is 41.8 Å². The minimum atomic E-state index is -2.98. The van der Waals surface area contributed by atoms with Crippen molar-refractivity contribution in [1.29, 1.82) is 0 Å². The van der Waals surface area contributed by atoms with Crippen molar-refractivity contribution in [2.75, 3.05) is 18.6 Å². The quantitative estimate of drug-likeness (QED) is 0.860. The Labute approximate surface area is 123 Å². The summed E-state index contributed by atoms with van der Waals surface area (Å²) in [6, 6.07) is 7.50. The first-order valence-electron chi connectivity index (χ1n) is 6.84. The summed E-state index contributed by atoms with van der Waals surface area (Å²) < 4.78 is 30.7. The molecule has 0 amide bonds. The minimum Gasteiger partial charge on any atom is -0.494 e. The van der Waals surface area contributed by atoms with E-state index in [1.54, 1.807) is 11.8 Å². The van der Waals surface area contributed by atoms with E-state index in [0.717, 1.165) is 12.1 Å². The van der Waals surface area contributed by atoms with Gasteiger partial charge in [-0.3, -0.25) is 0 Å². The third kappa shape index (κ3) is 2.78. The lowest BCUT2D eigenvalue weighted by molar-refractivity contribution is 0.410. The monoisotopic (exact) mass is 307 g/mol. The molecule has 0 unspecified atom stereocenters. The van der Waals surface area contributed by atoms with Crippen molar-refractivity contribution >= 4 is 9.84 Å². The van der Waals surface area contributed by atoms with Crippen LogP contribution in [0.2, 0.25) is 0 Å². The third-order valence-electron chi connectivity index (χ3n) is 3.72. The summed E-state index contributed by atoms with van der Waals surface area (Å²) in [5.74, 6) is 1.66. The molecule has 0 N–H and O–H groups in total. The van der Waals surface area contributed by atoms with Gasteiger partial charge in [0.25, 0.3) is 0 Å². The summed E-state index contributed by atoms with van der Waals surface area (Å²) in [4.78, 5) is 4.29. The van der Waals surface area contributed by atoms with Crippen LogP contribution in [0, 0.1) is 0 Å². The number of rotatable bonds is 3. The average molecular weight is 307 g/mol. The number of aromatic nitrogens is 3. The smallest absolute Gasteiger partial charge is 0.151 e. The maximum Gasteiger partial charge on any atom is 0.151 e. The van der Waals surface area contributed by atoms with Crippen LogP contribution >= 0.6 is 0 Å². The topological polar surface area (TPSA) is 74.1 Å². The number of para-hydroxylation sites is 2. The van der Waals surface area contributed by atoms with Crippen molar-refractivity contribution in [2.45, 2.75) is 18.8 Å². The van der Waals surface area contributed by atoms with Gasteiger partial charge >= 0.3 is 0 Å². The second kappa shape index (κ2) is 5.48. The SMILES string of the molecule is COc1ccccc1-n1ncnc1[C@@H]1CCCS(=O)(=O)C1. The van der Waals surface area contributed by atoms with Crippen molar-refractivity contribution in [3.63, 3.8) is 0 Å². The van der Waals surface area contributed by atoms with Crippen molar-refractivity contribution in [1.82, 2.24) is 14.8 Å². The molecule has 112 valence electrons. The van der Waals surface area contributed by atoms with Gasteiger partial charge < -0.3 is 4.74 Å². The molecule has 1 aromatic heterocycles. The number of benzene rings is 1. The van der Waals surface area contributed by atoms with Crippen molar-refractivity contribution in [2.24, 2.45) is 0 Å². The first-order valence-corrected chi connectivity index (χ1v) is 8.66. The molecule has 1 atom stereocenters. The Bertz CT molecular complexity index is 739. The first kappa shape index (κ1) is 14.1. The Balaban J connectivity index is 2.01. The second-order valence-corrected chi connectivity index (χ2v) is 7.38. The van der Waals surface area contributed by atoms with Gasteiger partial charge in [-0.25, -0.2) is 18.1 Å². The molecule has 7 heteroatoms. The van der Waals surface area contributed by atoms with Crippen LogP contribution in [0.15, 0.2) is 30.6 Å². The lowest BCUT2D eigenvalue weighted by atomic mass is 10.0. The van der Waals surface area contributed by atoms with E-state index in [-0.39, 0.29) is 17.4 Å². The van der Waals surface area contributed by atoms with Crippen LogP contribution < -0.4 is 4.74 Å². The molecule has 0 saturated carbocycles. The maximum atomic E-state index is 11.8. The van der Waals surface area contributed by atoms with Crippen molar-refractivity contribution in [3.8, 4) is 11.4 Å². The third-order valence-corrected chi connectivity index (χ3v) is 5.54. The Kier molecular flexibility index (Phi) is 3.67. The summed E-state index contributed by atoms with van der Waals surface area (Å²) in [6.45, 7) is 0. The molecule has 6 nitrogen and oxygen atoms in total. The van der Waals surface area contributed by atoms with Crippen LogP contribution in [0.1, 0.15) is 24.6 Å². The standard InChI is InChI=1S/C14H17N3O3S/c1-20-13-7-3-2-6-12(13)17-14(15-10-16-17)11-5-4-8-21(18,19)9-11/h2-3,6-7,10-11H,4-5,8-9H2,1H3/t11-/m1/s1. The molecule has 0 radical (unpaired) electrons. The summed E-state index contributed by atoms with van der Waals surface area (Å²) in [7, 11) is -1.39. The van der Waals surface area contributed by atoms with E-state index in [2.05, 4.69) is 10.1 Å². The molecule has 1 aromatic carbocycles. The molecule has 21 heavy (non-hydrogen) atoms. The van der Waals surface area contributed by atoms with Gasteiger partial charge in [0.2, 0.25) is 0 Å². The van der Waals surface area contributed by atoms with E-state index >= 15 is 0 Å². The normalized spacial score (nSPS) is 21.1.